The van der Waals surface area contributed by atoms with Gasteiger partial charge >= 0.3 is 0 Å². The molecule has 0 spiro atoms. The first-order valence-electron chi connectivity index (χ1n) is 6.18. The van der Waals surface area contributed by atoms with Gasteiger partial charge in [0, 0.05) is 11.4 Å². The summed E-state index contributed by atoms with van der Waals surface area (Å²) < 4.78 is 2.10. The van der Waals surface area contributed by atoms with Crippen LogP contribution in [0.4, 0.5) is 0 Å². The summed E-state index contributed by atoms with van der Waals surface area (Å²) in [6, 6.07) is 14.3. The Kier molecular flexibility index (Phi) is 3.99. The zero-order valence-electron chi connectivity index (χ0n) is 10.8. The van der Waals surface area contributed by atoms with Crippen LogP contribution in [0.1, 0.15) is 0 Å². The highest BCUT2D eigenvalue weighted by molar-refractivity contribution is 7.99. The van der Waals surface area contributed by atoms with Crippen LogP contribution < -0.4 is 0 Å². The molecular weight excluding hydrogens is 286 g/mol. The normalized spacial score (nSPS) is 10.6. The molecule has 3 rings (SSSR count). The second-order valence-corrected chi connectivity index (χ2v) is 5.99. The Hall–Kier alpha value is -1.85. The fourth-order valence-electron chi connectivity index (χ4n) is 1.87. The van der Waals surface area contributed by atoms with Gasteiger partial charge in [-0.15, -0.1) is 28.1 Å². The zero-order valence-corrected chi connectivity index (χ0v) is 12.4. The highest BCUT2D eigenvalue weighted by Gasteiger charge is 2.15. The molecule has 0 saturated heterocycles. The Balaban J connectivity index is 2.12. The van der Waals surface area contributed by atoms with Crippen molar-refractivity contribution in [3.8, 4) is 16.4 Å². The van der Waals surface area contributed by atoms with Crippen LogP contribution in [0.3, 0.4) is 0 Å². The summed E-state index contributed by atoms with van der Waals surface area (Å²) in [6.45, 7) is 3.76. The maximum absolute atomic E-state index is 4.36. The largest absolute Gasteiger partial charge is 0.269 e. The summed E-state index contributed by atoms with van der Waals surface area (Å²) >= 11 is 3.31. The predicted molar refractivity (Wildman–Crippen MR) is 85.6 cm³/mol. The van der Waals surface area contributed by atoms with Gasteiger partial charge in [-0.25, -0.2) is 0 Å². The van der Waals surface area contributed by atoms with Crippen molar-refractivity contribution in [2.45, 2.75) is 5.16 Å². The van der Waals surface area contributed by atoms with Crippen molar-refractivity contribution in [1.29, 1.82) is 0 Å². The molecule has 0 aliphatic carbocycles. The lowest BCUT2D eigenvalue weighted by atomic mass is 10.3. The van der Waals surface area contributed by atoms with Crippen molar-refractivity contribution in [2.24, 2.45) is 0 Å². The summed E-state index contributed by atoms with van der Waals surface area (Å²) in [7, 11) is 0. The SMILES string of the molecule is C=CCSc1nnc(-c2cccs2)n1-c1ccccc1. The van der Waals surface area contributed by atoms with E-state index in [9.17, 15) is 0 Å². The van der Waals surface area contributed by atoms with Crippen LogP contribution >= 0.6 is 23.1 Å². The van der Waals surface area contributed by atoms with E-state index in [2.05, 4.69) is 44.9 Å². The molecule has 3 nitrogen and oxygen atoms in total. The first-order valence-corrected chi connectivity index (χ1v) is 8.05. The molecule has 5 heteroatoms. The number of hydrogen-bond acceptors (Lipinski definition) is 4. The van der Waals surface area contributed by atoms with Gasteiger partial charge in [0.05, 0.1) is 4.88 Å². The third kappa shape index (κ3) is 2.55. The second-order valence-electron chi connectivity index (χ2n) is 4.05. The number of rotatable bonds is 5. The second kappa shape index (κ2) is 6.07. The average molecular weight is 299 g/mol. The number of benzene rings is 1. The van der Waals surface area contributed by atoms with Gasteiger partial charge in [-0.1, -0.05) is 42.1 Å². The monoisotopic (exact) mass is 299 g/mol. The first-order chi connectivity index (χ1) is 9.90. The summed E-state index contributed by atoms with van der Waals surface area (Å²) in [6.07, 6.45) is 1.87. The Morgan fingerprint density at radius 2 is 2.00 bits per heavy atom. The Morgan fingerprint density at radius 3 is 2.70 bits per heavy atom. The van der Waals surface area contributed by atoms with Crippen LogP contribution in [0.5, 0.6) is 0 Å². The molecule has 2 heterocycles. The molecule has 2 aromatic heterocycles. The van der Waals surface area contributed by atoms with Crippen LogP contribution in [0.2, 0.25) is 0 Å². The fourth-order valence-corrected chi connectivity index (χ4v) is 3.26. The van der Waals surface area contributed by atoms with Crippen molar-refractivity contribution in [3.05, 3.63) is 60.5 Å². The minimum absolute atomic E-state index is 0.815. The van der Waals surface area contributed by atoms with E-state index in [-0.39, 0.29) is 0 Å². The number of thioether (sulfide) groups is 1. The number of hydrogen-bond donors (Lipinski definition) is 0. The topological polar surface area (TPSA) is 30.7 Å². The van der Waals surface area contributed by atoms with Gasteiger partial charge in [-0.05, 0) is 23.6 Å². The molecule has 0 aliphatic heterocycles. The smallest absolute Gasteiger partial charge is 0.196 e. The summed E-state index contributed by atoms with van der Waals surface area (Å²) in [5.74, 6) is 1.70. The highest BCUT2D eigenvalue weighted by Crippen LogP contribution is 2.30. The Labute approximate surface area is 126 Å². The standard InChI is InChI=1S/C15H13N3S2/c1-2-10-20-15-17-16-14(13-9-6-11-19-13)18(15)12-7-4-3-5-8-12/h2-9,11H,1,10H2. The van der Waals surface area contributed by atoms with E-state index in [4.69, 9.17) is 0 Å². The van der Waals surface area contributed by atoms with Gasteiger partial charge in [-0.3, -0.25) is 4.57 Å². The Morgan fingerprint density at radius 1 is 1.15 bits per heavy atom. The molecule has 3 aromatic rings. The third-order valence-electron chi connectivity index (χ3n) is 2.72. The maximum atomic E-state index is 4.36. The first kappa shape index (κ1) is 13.1. The molecule has 20 heavy (non-hydrogen) atoms. The molecule has 0 saturated carbocycles. The molecule has 0 N–H and O–H groups in total. The molecule has 0 aliphatic rings. The number of aromatic nitrogens is 3. The van der Waals surface area contributed by atoms with Gasteiger partial charge in [-0.2, -0.15) is 0 Å². The lowest BCUT2D eigenvalue weighted by Gasteiger charge is -2.08. The summed E-state index contributed by atoms with van der Waals surface area (Å²) in [4.78, 5) is 1.12. The number of para-hydroxylation sites is 1. The van der Waals surface area contributed by atoms with Crippen molar-refractivity contribution < 1.29 is 0 Å². The highest BCUT2D eigenvalue weighted by atomic mass is 32.2. The quantitative estimate of drug-likeness (QED) is 0.520. The predicted octanol–water partition coefficient (Wildman–Crippen LogP) is 4.27. The molecule has 100 valence electrons. The van der Waals surface area contributed by atoms with Gasteiger partial charge in [0.2, 0.25) is 0 Å². The molecule has 0 radical (unpaired) electrons. The number of thiophene rings is 1. The van der Waals surface area contributed by atoms with E-state index in [1.54, 1.807) is 23.1 Å². The maximum Gasteiger partial charge on any atom is 0.196 e. The van der Waals surface area contributed by atoms with Crippen molar-refractivity contribution in [2.75, 3.05) is 5.75 Å². The number of nitrogens with zero attached hydrogens (tertiary/aromatic N) is 3. The van der Waals surface area contributed by atoms with Gasteiger partial charge < -0.3 is 0 Å². The molecule has 0 bridgehead atoms. The van der Waals surface area contributed by atoms with E-state index < -0.39 is 0 Å². The van der Waals surface area contributed by atoms with E-state index in [0.717, 1.165) is 27.3 Å². The lowest BCUT2D eigenvalue weighted by molar-refractivity contribution is 0.888. The van der Waals surface area contributed by atoms with E-state index in [1.165, 1.54) is 0 Å². The van der Waals surface area contributed by atoms with Gasteiger partial charge in [0.1, 0.15) is 0 Å². The zero-order chi connectivity index (χ0) is 13.8. The van der Waals surface area contributed by atoms with Crippen molar-refractivity contribution in [3.63, 3.8) is 0 Å². The van der Waals surface area contributed by atoms with Crippen molar-refractivity contribution >= 4 is 23.1 Å². The minimum atomic E-state index is 0.815. The van der Waals surface area contributed by atoms with Crippen LogP contribution in [-0.4, -0.2) is 20.5 Å². The summed E-state index contributed by atoms with van der Waals surface area (Å²) in [5, 5.41) is 11.6. The summed E-state index contributed by atoms with van der Waals surface area (Å²) in [5.41, 5.74) is 1.08. The molecule has 0 atom stereocenters. The van der Waals surface area contributed by atoms with E-state index in [1.807, 2.05) is 30.3 Å². The minimum Gasteiger partial charge on any atom is -0.269 e. The van der Waals surface area contributed by atoms with Crippen LogP contribution in [-0.2, 0) is 0 Å². The average Bonchev–Trinajstić information content (AvgIpc) is 3.15. The molecule has 0 fully saturated rings. The van der Waals surface area contributed by atoms with E-state index >= 15 is 0 Å². The Bertz CT molecular complexity index is 687. The molecular formula is C15H13N3S2. The molecule has 1 aromatic carbocycles. The van der Waals surface area contributed by atoms with Gasteiger partial charge in [0.15, 0.2) is 11.0 Å². The fraction of sp³-hybridized carbons (Fsp3) is 0.0667. The van der Waals surface area contributed by atoms with Gasteiger partial charge in [0.25, 0.3) is 0 Å². The molecule has 0 unspecified atom stereocenters. The van der Waals surface area contributed by atoms with E-state index in [0.29, 0.717) is 0 Å². The molecule has 0 amide bonds. The van der Waals surface area contributed by atoms with Crippen LogP contribution in [0.15, 0.2) is 65.7 Å². The third-order valence-corrected chi connectivity index (χ3v) is 4.51. The lowest BCUT2D eigenvalue weighted by Crippen LogP contribution is -1.98. The van der Waals surface area contributed by atoms with Crippen LogP contribution in [0, 0.1) is 0 Å². The van der Waals surface area contributed by atoms with Crippen molar-refractivity contribution in [1.82, 2.24) is 14.8 Å². The van der Waals surface area contributed by atoms with Crippen LogP contribution in [0.25, 0.3) is 16.4 Å².